The van der Waals surface area contributed by atoms with Crippen LogP contribution in [-0.2, 0) is 4.79 Å². The molecule has 0 saturated heterocycles. The van der Waals surface area contributed by atoms with Crippen LogP contribution in [0, 0.1) is 17.3 Å². The zero-order valence-electron chi connectivity index (χ0n) is 8.22. The molecule has 0 amide bonds. The molecule has 13 heavy (non-hydrogen) atoms. The monoisotopic (exact) mass is 178 g/mol. The van der Waals surface area contributed by atoms with E-state index in [9.17, 15) is 4.79 Å². The van der Waals surface area contributed by atoms with Gasteiger partial charge in [0.25, 0.3) is 0 Å². The van der Waals surface area contributed by atoms with E-state index in [0.29, 0.717) is 17.1 Å². The third-order valence-electron chi connectivity index (χ3n) is 4.96. The van der Waals surface area contributed by atoms with Crippen molar-refractivity contribution in [2.24, 2.45) is 17.3 Å². The van der Waals surface area contributed by atoms with E-state index in [0.717, 1.165) is 12.3 Å². The van der Waals surface area contributed by atoms with Crippen LogP contribution in [-0.4, -0.2) is 5.78 Å². The Bertz CT molecular complexity index is 246. The van der Waals surface area contributed by atoms with Gasteiger partial charge in [-0.2, -0.15) is 0 Å². The van der Waals surface area contributed by atoms with Crippen LogP contribution in [0.4, 0.5) is 0 Å². The number of rotatable bonds is 0. The molecule has 0 aliphatic heterocycles. The van der Waals surface area contributed by atoms with Crippen molar-refractivity contribution in [3.8, 4) is 0 Å². The summed E-state index contributed by atoms with van der Waals surface area (Å²) in [6.07, 6.45) is 10.2. The first-order valence-electron chi connectivity index (χ1n) is 5.86. The lowest BCUT2D eigenvalue weighted by Crippen LogP contribution is -2.45. The van der Waals surface area contributed by atoms with Crippen LogP contribution >= 0.6 is 0 Å². The predicted molar refractivity (Wildman–Crippen MR) is 51.4 cm³/mol. The molecule has 3 fully saturated rings. The lowest BCUT2D eigenvalue weighted by atomic mass is 9.54. The fraction of sp³-hybridized carbons (Fsp3) is 0.917. The summed E-state index contributed by atoms with van der Waals surface area (Å²) in [6, 6.07) is 0. The van der Waals surface area contributed by atoms with Gasteiger partial charge in [-0.3, -0.25) is 4.79 Å². The molecule has 3 unspecified atom stereocenters. The Morgan fingerprint density at radius 3 is 2.69 bits per heavy atom. The van der Waals surface area contributed by atoms with E-state index in [1.54, 1.807) is 0 Å². The fourth-order valence-corrected chi connectivity index (χ4v) is 4.23. The normalized spacial score (nSPS) is 49.1. The molecule has 3 rings (SSSR count). The van der Waals surface area contributed by atoms with Gasteiger partial charge in [0.15, 0.2) is 0 Å². The Morgan fingerprint density at radius 2 is 1.92 bits per heavy atom. The summed E-state index contributed by atoms with van der Waals surface area (Å²) in [7, 11) is 0. The van der Waals surface area contributed by atoms with E-state index in [2.05, 4.69) is 0 Å². The summed E-state index contributed by atoms with van der Waals surface area (Å²) < 4.78 is 0. The minimum atomic E-state index is 0.502. The van der Waals surface area contributed by atoms with Gasteiger partial charge < -0.3 is 0 Å². The smallest absolute Gasteiger partial charge is 0.136 e. The fourth-order valence-electron chi connectivity index (χ4n) is 4.23. The maximum Gasteiger partial charge on any atom is 0.136 e. The maximum absolute atomic E-state index is 11.8. The highest BCUT2D eigenvalue weighted by molar-refractivity contribution is 5.83. The molecule has 3 atom stereocenters. The van der Waals surface area contributed by atoms with E-state index in [1.165, 1.54) is 44.9 Å². The summed E-state index contributed by atoms with van der Waals surface area (Å²) >= 11 is 0. The zero-order valence-corrected chi connectivity index (χ0v) is 8.22. The Hall–Kier alpha value is -0.330. The lowest BCUT2D eigenvalue weighted by Gasteiger charge is -2.49. The molecule has 0 N–H and O–H groups in total. The summed E-state index contributed by atoms with van der Waals surface area (Å²) in [6.45, 7) is 0. The third kappa shape index (κ3) is 0.908. The quantitative estimate of drug-likeness (QED) is 0.557. The largest absolute Gasteiger partial charge is 0.299 e. The average molecular weight is 178 g/mol. The highest BCUT2D eigenvalue weighted by Gasteiger charge is 2.56. The standard InChI is InChI=1S/C12H18O/c13-11-5-1-3-9-4-2-7-12(9)8-6-10(11)12/h9-10H,1-8H2. The first-order chi connectivity index (χ1) is 6.33. The molecule has 3 saturated carbocycles. The number of hydrogen-bond acceptors (Lipinski definition) is 1. The lowest BCUT2D eigenvalue weighted by molar-refractivity contribution is -0.134. The molecule has 0 heterocycles. The molecule has 1 spiro atoms. The van der Waals surface area contributed by atoms with Gasteiger partial charge in [0.2, 0.25) is 0 Å². The Labute approximate surface area is 79.9 Å². The summed E-state index contributed by atoms with van der Waals surface area (Å²) in [5.74, 6) is 2.04. The van der Waals surface area contributed by atoms with Gasteiger partial charge in [0, 0.05) is 12.3 Å². The highest BCUT2D eigenvalue weighted by atomic mass is 16.1. The first-order valence-corrected chi connectivity index (χ1v) is 5.86. The summed E-state index contributed by atoms with van der Waals surface area (Å²) in [5, 5.41) is 0. The van der Waals surface area contributed by atoms with Crippen molar-refractivity contribution in [3.05, 3.63) is 0 Å². The zero-order chi connectivity index (χ0) is 8.89. The van der Waals surface area contributed by atoms with Gasteiger partial charge in [0.1, 0.15) is 5.78 Å². The van der Waals surface area contributed by atoms with Gasteiger partial charge in [-0.25, -0.2) is 0 Å². The summed E-state index contributed by atoms with van der Waals surface area (Å²) in [4.78, 5) is 11.8. The molecule has 0 aromatic heterocycles. The third-order valence-corrected chi connectivity index (χ3v) is 4.96. The molecule has 0 radical (unpaired) electrons. The van der Waals surface area contributed by atoms with Crippen molar-refractivity contribution in [3.63, 3.8) is 0 Å². The minimum Gasteiger partial charge on any atom is -0.299 e. The molecule has 0 aromatic carbocycles. The van der Waals surface area contributed by atoms with Crippen LogP contribution in [0.2, 0.25) is 0 Å². The van der Waals surface area contributed by atoms with Crippen molar-refractivity contribution >= 4 is 5.78 Å². The van der Waals surface area contributed by atoms with E-state index >= 15 is 0 Å². The van der Waals surface area contributed by atoms with Crippen LogP contribution in [0.1, 0.15) is 51.4 Å². The molecule has 72 valence electrons. The second-order valence-electron chi connectivity index (χ2n) is 5.27. The highest BCUT2D eigenvalue weighted by Crippen LogP contribution is 2.63. The van der Waals surface area contributed by atoms with Gasteiger partial charge in [0.05, 0.1) is 0 Å². The van der Waals surface area contributed by atoms with Crippen molar-refractivity contribution in [1.29, 1.82) is 0 Å². The maximum atomic E-state index is 11.8. The SMILES string of the molecule is O=C1CCCC2CCCC23CCC13. The topological polar surface area (TPSA) is 17.1 Å². The molecular weight excluding hydrogens is 160 g/mol. The second-order valence-corrected chi connectivity index (χ2v) is 5.27. The molecule has 3 aliphatic rings. The molecular formula is C12H18O. The summed E-state index contributed by atoms with van der Waals surface area (Å²) in [5.41, 5.74) is 0.535. The van der Waals surface area contributed by atoms with E-state index in [-0.39, 0.29) is 0 Å². The number of ketones is 1. The molecule has 0 aromatic rings. The van der Waals surface area contributed by atoms with Gasteiger partial charge in [-0.05, 0) is 49.9 Å². The van der Waals surface area contributed by atoms with Crippen LogP contribution in [0.3, 0.4) is 0 Å². The van der Waals surface area contributed by atoms with Gasteiger partial charge in [-0.15, -0.1) is 0 Å². The van der Waals surface area contributed by atoms with Crippen LogP contribution in [0.25, 0.3) is 0 Å². The van der Waals surface area contributed by atoms with Crippen molar-refractivity contribution in [2.75, 3.05) is 0 Å². The molecule has 1 nitrogen and oxygen atoms in total. The Kier molecular flexibility index (Phi) is 1.59. The Balaban J connectivity index is 1.94. The number of hydrogen-bond donors (Lipinski definition) is 0. The Morgan fingerprint density at radius 1 is 1.08 bits per heavy atom. The van der Waals surface area contributed by atoms with Gasteiger partial charge >= 0.3 is 0 Å². The first kappa shape index (κ1) is 8.02. The van der Waals surface area contributed by atoms with Crippen molar-refractivity contribution in [2.45, 2.75) is 51.4 Å². The van der Waals surface area contributed by atoms with Crippen LogP contribution in [0.15, 0.2) is 0 Å². The number of carbonyl (C=O) groups is 1. The van der Waals surface area contributed by atoms with Gasteiger partial charge in [-0.1, -0.05) is 6.42 Å². The predicted octanol–water partition coefficient (Wildman–Crippen LogP) is 2.94. The van der Waals surface area contributed by atoms with E-state index < -0.39 is 0 Å². The number of carbonyl (C=O) groups excluding carboxylic acids is 1. The van der Waals surface area contributed by atoms with Crippen molar-refractivity contribution in [1.82, 2.24) is 0 Å². The number of Topliss-reactive ketones (excluding diaryl/α,β-unsaturated/α-hetero) is 1. The molecule has 1 heteroatoms. The second kappa shape index (κ2) is 2.59. The van der Waals surface area contributed by atoms with Crippen molar-refractivity contribution < 1.29 is 4.79 Å². The average Bonchev–Trinajstić information content (AvgIpc) is 2.44. The molecule has 0 bridgehead atoms. The molecule has 3 aliphatic carbocycles. The van der Waals surface area contributed by atoms with E-state index in [1.807, 2.05) is 0 Å². The van der Waals surface area contributed by atoms with E-state index in [4.69, 9.17) is 0 Å². The minimum absolute atomic E-state index is 0.502. The van der Waals surface area contributed by atoms with Crippen LogP contribution < -0.4 is 0 Å². The van der Waals surface area contributed by atoms with Crippen LogP contribution in [0.5, 0.6) is 0 Å².